The maximum atomic E-state index is 13.6. The standard InChI is InChI=1S/C16H13FN4O3/c1-9-14(21-15(22)13-7-8-18-24-13)10(2)20-16(19-9)23-12-6-4-3-5-11(12)17/h3-8H,1-2H3,(H,21,22). The van der Waals surface area contributed by atoms with Gasteiger partial charge in [0.1, 0.15) is 0 Å². The van der Waals surface area contributed by atoms with Gasteiger partial charge in [-0.2, -0.15) is 9.97 Å². The van der Waals surface area contributed by atoms with Crippen LogP contribution < -0.4 is 10.1 Å². The van der Waals surface area contributed by atoms with E-state index in [4.69, 9.17) is 9.26 Å². The summed E-state index contributed by atoms with van der Waals surface area (Å²) in [5.41, 5.74) is 1.38. The summed E-state index contributed by atoms with van der Waals surface area (Å²) in [5.74, 6) is -0.889. The van der Waals surface area contributed by atoms with Gasteiger partial charge in [-0.15, -0.1) is 0 Å². The predicted octanol–water partition coefficient (Wildman–Crippen LogP) is 3.27. The molecule has 0 saturated heterocycles. The highest BCUT2D eigenvalue weighted by atomic mass is 19.1. The Kier molecular flexibility index (Phi) is 4.19. The SMILES string of the molecule is Cc1nc(Oc2ccccc2F)nc(C)c1NC(=O)c1ccno1. The molecule has 0 spiro atoms. The summed E-state index contributed by atoms with van der Waals surface area (Å²) in [6, 6.07) is 7.39. The molecule has 0 radical (unpaired) electrons. The van der Waals surface area contributed by atoms with Crippen LogP contribution in [0.5, 0.6) is 11.8 Å². The van der Waals surface area contributed by atoms with Crippen molar-refractivity contribution in [2.24, 2.45) is 0 Å². The lowest BCUT2D eigenvalue weighted by molar-refractivity contribution is 0.0987. The number of aromatic nitrogens is 3. The molecule has 2 aromatic heterocycles. The van der Waals surface area contributed by atoms with Crippen molar-refractivity contribution in [3.05, 3.63) is 59.5 Å². The Balaban J connectivity index is 1.84. The van der Waals surface area contributed by atoms with Crippen LogP contribution in [-0.2, 0) is 0 Å². The monoisotopic (exact) mass is 328 g/mol. The average Bonchev–Trinajstić information content (AvgIpc) is 3.07. The summed E-state index contributed by atoms with van der Waals surface area (Å²) >= 11 is 0. The summed E-state index contributed by atoms with van der Waals surface area (Å²) < 4.78 is 23.8. The fourth-order valence-corrected chi connectivity index (χ4v) is 2.05. The van der Waals surface area contributed by atoms with Crippen LogP contribution in [0.15, 0.2) is 41.1 Å². The quantitative estimate of drug-likeness (QED) is 0.790. The van der Waals surface area contributed by atoms with Crippen LogP contribution in [0, 0.1) is 19.7 Å². The molecule has 3 aromatic rings. The van der Waals surface area contributed by atoms with Gasteiger partial charge in [0.15, 0.2) is 11.6 Å². The first kappa shape index (κ1) is 15.6. The highest BCUT2D eigenvalue weighted by Crippen LogP contribution is 2.25. The van der Waals surface area contributed by atoms with Crippen molar-refractivity contribution in [1.82, 2.24) is 15.1 Å². The minimum absolute atomic E-state index is 0.00670. The van der Waals surface area contributed by atoms with Gasteiger partial charge in [-0.25, -0.2) is 4.39 Å². The number of halogens is 1. The molecule has 1 amide bonds. The Labute approximate surface area is 136 Å². The largest absolute Gasteiger partial charge is 0.421 e. The molecule has 8 heteroatoms. The van der Waals surface area contributed by atoms with E-state index in [2.05, 4.69) is 20.4 Å². The van der Waals surface area contributed by atoms with Crippen LogP contribution in [0.1, 0.15) is 21.9 Å². The number of benzene rings is 1. The number of hydrogen-bond acceptors (Lipinski definition) is 6. The van der Waals surface area contributed by atoms with Gasteiger partial charge >= 0.3 is 6.01 Å². The second kappa shape index (κ2) is 6.45. The lowest BCUT2D eigenvalue weighted by Gasteiger charge is -2.11. The minimum atomic E-state index is -0.515. The van der Waals surface area contributed by atoms with E-state index in [1.807, 2.05) is 0 Å². The number of nitrogens with zero attached hydrogens (tertiary/aromatic N) is 3. The molecule has 0 aliphatic carbocycles. The zero-order chi connectivity index (χ0) is 17.1. The summed E-state index contributed by atoms with van der Waals surface area (Å²) in [7, 11) is 0. The zero-order valence-electron chi connectivity index (χ0n) is 12.9. The molecule has 0 saturated carbocycles. The highest BCUT2D eigenvalue weighted by Gasteiger charge is 2.16. The van der Waals surface area contributed by atoms with Gasteiger partial charge in [0.05, 0.1) is 23.3 Å². The highest BCUT2D eigenvalue weighted by molar-refractivity contribution is 6.02. The number of anilines is 1. The summed E-state index contributed by atoms with van der Waals surface area (Å²) in [4.78, 5) is 20.3. The van der Waals surface area contributed by atoms with E-state index in [1.165, 1.54) is 24.4 Å². The smallest absolute Gasteiger partial charge is 0.322 e. The number of hydrogen-bond donors (Lipinski definition) is 1. The van der Waals surface area contributed by atoms with Crippen LogP contribution in [0.25, 0.3) is 0 Å². The normalized spacial score (nSPS) is 10.5. The van der Waals surface area contributed by atoms with Gasteiger partial charge < -0.3 is 14.6 Å². The van der Waals surface area contributed by atoms with Gasteiger partial charge in [-0.1, -0.05) is 17.3 Å². The molecule has 0 fully saturated rings. The molecule has 1 aromatic carbocycles. The molecule has 0 unspecified atom stereocenters. The summed E-state index contributed by atoms with van der Waals surface area (Å²) in [6.45, 7) is 3.36. The Bertz CT molecular complexity index is 858. The molecule has 0 aliphatic rings. The minimum Gasteiger partial charge on any atom is -0.421 e. The number of nitrogens with one attached hydrogen (secondary N) is 1. The summed E-state index contributed by atoms with van der Waals surface area (Å²) in [5, 5.41) is 6.13. The van der Waals surface area contributed by atoms with Crippen LogP contribution in [-0.4, -0.2) is 21.0 Å². The lowest BCUT2D eigenvalue weighted by atomic mass is 10.2. The second-order valence-corrected chi connectivity index (χ2v) is 4.92. The fraction of sp³-hybridized carbons (Fsp3) is 0.125. The number of carbonyl (C=O) groups excluding carboxylic acids is 1. The van der Waals surface area contributed by atoms with E-state index in [0.29, 0.717) is 17.1 Å². The van der Waals surface area contributed by atoms with E-state index in [1.54, 1.807) is 26.0 Å². The van der Waals surface area contributed by atoms with Crippen LogP contribution in [0.3, 0.4) is 0 Å². The second-order valence-electron chi connectivity index (χ2n) is 4.92. The van der Waals surface area contributed by atoms with Crippen LogP contribution in [0.2, 0.25) is 0 Å². The maximum absolute atomic E-state index is 13.6. The van der Waals surface area contributed by atoms with Crippen LogP contribution >= 0.6 is 0 Å². The maximum Gasteiger partial charge on any atom is 0.322 e. The van der Waals surface area contributed by atoms with E-state index < -0.39 is 11.7 Å². The molecule has 7 nitrogen and oxygen atoms in total. The third-order valence-corrected chi connectivity index (χ3v) is 3.19. The first-order valence-corrected chi connectivity index (χ1v) is 7.04. The fourth-order valence-electron chi connectivity index (χ4n) is 2.05. The molecule has 122 valence electrons. The topological polar surface area (TPSA) is 90.1 Å². The molecular weight excluding hydrogens is 315 g/mol. The Morgan fingerprint density at radius 1 is 1.17 bits per heavy atom. The Morgan fingerprint density at radius 2 is 1.88 bits per heavy atom. The van der Waals surface area contributed by atoms with E-state index >= 15 is 0 Å². The number of para-hydroxylation sites is 1. The van der Waals surface area contributed by atoms with Crippen molar-refractivity contribution < 1.29 is 18.4 Å². The van der Waals surface area contributed by atoms with Gasteiger partial charge in [0, 0.05) is 6.07 Å². The third kappa shape index (κ3) is 3.22. The Morgan fingerprint density at radius 3 is 2.50 bits per heavy atom. The molecule has 0 atom stereocenters. The Hall–Kier alpha value is -3.29. The van der Waals surface area contributed by atoms with E-state index in [0.717, 1.165) is 0 Å². The van der Waals surface area contributed by atoms with E-state index in [-0.39, 0.29) is 17.5 Å². The molecule has 2 heterocycles. The number of rotatable bonds is 4. The molecule has 0 aliphatic heterocycles. The number of aryl methyl sites for hydroxylation is 2. The third-order valence-electron chi connectivity index (χ3n) is 3.19. The first-order valence-electron chi connectivity index (χ1n) is 7.04. The number of carbonyl (C=O) groups is 1. The van der Waals surface area contributed by atoms with Crippen LogP contribution in [0.4, 0.5) is 10.1 Å². The van der Waals surface area contributed by atoms with Crippen molar-refractivity contribution >= 4 is 11.6 Å². The summed E-state index contributed by atoms with van der Waals surface area (Å²) in [6.07, 6.45) is 1.37. The lowest BCUT2D eigenvalue weighted by Crippen LogP contribution is -2.14. The van der Waals surface area contributed by atoms with Gasteiger partial charge in [0.2, 0.25) is 5.76 Å². The predicted molar refractivity (Wildman–Crippen MR) is 82.4 cm³/mol. The van der Waals surface area contributed by atoms with E-state index in [9.17, 15) is 9.18 Å². The zero-order valence-corrected chi connectivity index (χ0v) is 12.9. The average molecular weight is 328 g/mol. The van der Waals surface area contributed by atoms with Gasteiger partial charge in [-0.3, -0.25) is 4.79 Å². The molecule has 1 N–H and O–H groups in total. The van der Waals surface area contributed by atoms with Crippen molar-refractivity contribution in [2.75, 3.05) is 5.32 Å². The molecule has 3 rings (SSSR count). The van der Waals surface area contributed by atoms with Crippen molar-refractivity contribution in [3.63, 3.8) is 0 Å². The van der Waals surface area contributed by atoms with Crippen molar-refractivity contribution in [1.29, 1.82) is 0 Å². The molecular formula is C16H13FN4O3. The van der Waals surface area contributed by atoms with Crippen molar-refractivity contribution in [2.45, 2.75) is 13.8 Å². The van der Waals surface area contributed by atoms with Crippen molar-refractivity contribution in [3.8, 4) is 11.8 Å². The first-order chi connectivity index (χ1) is 11.5. The number of ether oxygens (including phenoxy) is 1. The molecule has 24 heavy (non-hydrogen) atoms. The van der Waals surface area contributed by atoms with Gasteiger partial charge in [0.25, 0.3) is 5.91 Å². The van der Waals surface area contributed by atoms with Gasteiger partial charge in [-0.05, 0) is 26.0 Å². The molecule has 0 bridgehead atoms. The number of amides is 1.